The van der Waals surface area contributed by atoms with Crippen LogP contribution in [0.1, 0.15) is 32.3 Å². The molecule has 1 amide bonds. The van der Waals surface area contributed by atoms with Crippen LogP contribution in [0.15, 0.2) is 24.3 Å². The molecule has 0 aliphatic rings. The van der Waals surface area contributed by atoms with Crippen LogP contribution < -0.4 is 5.32 Å². The lowest BCUT2D eigenvalue weighted by Crippen LogP contribution is -2.12. The summed E-state index contributed by atoms with van der Waals surface area (Å²) in [6.45, 7) is 3.64. The molecule has 0 saturated carbocycles. The fraction of sp³-hybridized carbons (Fsp3) is 0.385. The third-order valence-electron chi connectivity index (χ3n) is 2.39. The van der Waals surface area contributed by atoms with Crippen LogP contribution in [0.5, 0.6) is 0 Å². The summed E-state index contributed by atoms with van der Waals surface area (Å²) in [5.74, 6) is 0.148. The minimum atomic E-state index is -0.0311. The molecule has 0 atom stereocenters. The predicted molar refractivity (Wildman–Crippen MR) is 64.4 cm³/mol. The van der Waals surface area contributed by atoms with E-state index in [1.807, 2.05) is 31.2 Å². The maximum Gasteiger partial charge on any atom is 0.224 e. The van der Waals surface area contributed by atoms with Gasteiger partial charge >= 0.3 is 0 Å². The molecule has 0 unspecified atom stereocenters. The number of rotatable bonds is 5. The van der Waals surface area contributed by atoms with E-state index in [-0.39, 0.29) is 11.7 Å². The molecule has 1 rings (SSSR count). The van der Waals surface area contributed by atoms with Crippen LogP contribution >= 0.6 is 0 Å². The van der Waals surface area contributed by atoms with Crippen LogP contribution in [0.2, 0.25) is 0 Å². The Kier molecular flexibility index (Phi) is 4.70. The quantitative estimate of drug-likeness (QED) is 0.827. The standard InChI is InChI=1S/C13H17NO2/c1-3-11(15)9-10-7-5-6-8-12(10)14-13(16)4-2/h5-8H,3-4,9H2,1-2H3,(H,14,16). The molecule has 0 radical (unpaired) electrons. The van der Waals surface area contributed by atoms with Crippen molar-refractivity contribution in [2.45, 2.75) is 33.1 Å². The largest absolute Gasteiger partial charge is 0.326 e. The molecule has 0 bridgehead atoms. The summed E-state index contributed by atoms with van der Waals surface area (Å²) in [5.41, 5.74) is 1.63. The monoisotopic (exact) mass is 219 g/mol. The molecule has 0 fully saturated rings. The highest BCUT2D eigenvalue weighted by Crippen LogP contribution is 2.16. The van der Waals surface area contributed by atoms with Crippen molar-refractivity contribution in [2.24, 2.45) is 0 Å². The number of carbonyl (C=O) groups is 2. The first kappa shape index (κ1) is 12.4. The summed E-state index contributed by atoms with van der Waals surface area (Å²) in [5, 5.41) is 2.80. The van der Waals surface area contributed by atoms with Gasteiger partial charge < -0.3 is 5.32 Å². The van der Waals surface area contributed by atoms with E-state index in [0.717, 1.165) is 11.3 Å². The van der Waals surface area contributed by atoms with Crippen LogP contribution in [0, 0.1) is 0 Å². The second-order valence-corrected chi connectivity index (χ2v) is 3.63. The fourth-order valence-corrected chi connectivity index (χ4v) is 1.37. The number of hydrogen-bond acceptors (Lipinski definition) is 2. The molecular weight excluding hydrogens is 202 g/mol. The SMILES string of the molecule is CCC(=O)Cc1ccccc1NC(=O)CC. The summed E-state index contributed by atoms with van der Waals surface area (Å²) in [6, 6.07) is 7.43. The minimum Gasteiger partial charge on any atom is -0.326 e. The molecule has 0 heterocycles. The van der Waals surface area contributed by atoms with Gasteiger partial charge in [-0.05, 0) is 11.6 Å². The molecule has 3 heteroatoms. The van der Waals surface area contributed by atoms with E-state index in [1.54, 1.807) is 6.92 Å². The van der Waals surface area contributed by atoms with Crippen LogP contribution in [0.4, 0.5) is 5.69 Å². The summed E-state index contributed by atoms with van der Waals surface area (Å²) >= 11 is 0. The van der Waals surface area contributed by atoms with Crippen molar-refractivity contribution in [3.63, 3.8) is 0 Å². The van der Waals surface area contributed by atoms with Gasteiger partial charge in [0, 0.05) is 24.9 Å². The summed E-state index contributed by atoms with van der Waals surface area (Å²) in [4.78, 5) is 22.7. The summed E-state index contributed by atoms with van der Waals surface area (Å²) in [7, 11) is 0. The number of anilines is 1. The highest BCUT2D eigenvalue weighted by molar-refractivity contribution is 5.92. The van der Waals surface area contributed by atoms with Gasteiger partial charge in [0.25, 0.3) is 0 Å². The number of ketones is 1. The van der Waals surface area contributed by atoms with Crippen molar-refractivity contribution >= 4 is 17.4 Å². The van der Waals surface area contributed by atoms with Gasteiger partial charge in [-0.3, -0.25) is 9.59 Å². The Morgan fingerprint density at radius 3 is 2.44 bits per heavy atom. The molecule has 3 nitrogen and oxygen atoms in total. The van der Waals surface area contributed by atoms with E-state index in [2.05, 4.69) is 5.32 Å². The maximum atomic E-state index is 11.4. The molecule has 1 aromatic carbocycles. The van der Waals surface area contributed by atoms with Gasteiger partial charge in [0.15, 0.2) is 0 Å². The Hall–Kier alpha value is -1.64. The number of para-hydroxylation sites is 1. The molecule has 86 valence electrons. The van der Waals surface area contributed by atoms with Gasteiger partial charge in [-0.1, -0.05) is 32.0 Å². The first-order valence-corrected chi connectivity index (χ1v) is 5.56. The smallest absolute Gasteiger partial charge is 0.224 e. The minimum absolute atomic E-state index is 0.0311. The number of benzene rings is 1. The molecule has 0 aliphatic carbocycles. The van der Waals surface area contributed by atoms with Crippen LogP contribution in [0.25, 0.3) is 0 Å². The zero-order valence-corrected chi connectivity index (χ0v) is 9.75. The van der Waals surface area contributed by atoms with Crippen LogP contribution in [-0.2, 0) is 16.0 Å². The average molecular weight is 219 g/mol. The van der Waals surface area contributed by atoms with Gasteiger partial charge in [0.1, 0.15) is 5.78 Å². The second-order valence-electron chi connectivity index (χ2n) is 3.63. The van der Waals surface area contributed by atoms with Gasteiger partial charge in [0.05, 0.1) is 0 Å². The van der Waals surface area contributed by atoms with Crippen molar-refractivity contribution in [1.82, 2.24) is 0 Å². The van der Waals surface area contributed by atoms with E-state index in [4.69, 9.17) is 0 Å². The Bertz CT molecular complexity index is 348. The van der Waals surface area contributed by atoms with E-state index < -0.39 is 0 Å². The van der Waals surface area contributed by atoms with Gasteiger partial charge in [-0.25, -0.2) is 0 Å². The molecule has 1 N–H and O–H groups in total. The average Bonchev–Trinajstić information content (AvgIpc) is 2.31. The van der Waals surface area contributed by atoms with E-state index >= 15 is 0 Å². The molecule has 1 aromatic rings. The van der Waals surface area contributed by atoms with Gasteiger partial charge in [-0.2, -0.15) is 0 Å². The van der Waals surface area contributed by atoms with E-state index in [0.29, 0.717) is 19.3 Å². The lowest BCUT2D eigenvalue weighted by Gasteiger charge is -2.09. The third kappa shape index (κ3) is 3.50. The lowest BCUT2D eigenvalue weighted by atomic mass is 10.1. The summed E-state index contributed by atoms with van der Waals surface area (Å²) in [6.07, 6.45) is 1.35. The van der Waals surface area contributed by atoms with Crippen molar-refractivity contribution in [3.8, 4) is 0 Å². The Balaban J connectivity index is 2.83. The second kappa shape index (κ2) is 6.05. The van der Waals surface area contributed by atoms with Crippen LogP contribution in [0.3, 0.4) is 0 Å². The van der Waals surface area contributed by atoms with Gasteiger partial charge in [-0.15, -0.1) is 0 Å². The summed E-state index contributed by atoms with van der Waals surface area (Å²) < 4.78 is 0. The maximum absolute atomic E-state index is 11.4. The zero-order valence-electron chi connectivity index (χ0n) is 9.75. The Labute approximate surface area is 95.9 Å². The fourth-order valence-electron chi connectivity index (χ4n) is 1.37. The van der Waals surface area contributed by atoms with E-state index in [9.17, 15) is 9.59 Å². The molecule has 0 spiro atoms. The number of carbonyl (C=O) groups excluding carboxylic acids is 2. The highest BCUT2D eigenvalue weighted by atomic mass is 16.1. The zero-order chi connectivity index (χ0) is 12.0. The van der Waals surface area contributed by atoms with Crippen LogP contribution in [-0.4, -0.2) is 11.7 Å². The van der Waals surface area contributed by atoms with Crippen molar-refractivity contribution < 1.29 is 9.59 Å². The normalized spacial score (nSPS) is 9.88. The van der Waals surface area contributed by atoms with Crippen molar-refractivity contribution in [1.29, 1.82) is 0 Å². The van der Waals surface area contributed by atoms with Gasteiger partial charge in [0.2, 0.25) is 5.91 Å². The molecule has 0 saturated heterocycles. The number of nitrogens with one attached hydrogen (secondary N) is 1. The Morgan fingerprint density at radius 2 is 1.81 bits per heavy atom. The molecule has 0 aliphatic heterocycles. The molecular formula is C13H17NO2. The third-order valence-corrected chi connectivity index (χ3v) is 2.39. The predicted octanol–water partition coefficient (Wildman–Crippen LogP) is 2.56. The topological polar surface area (TPSA) is 46.2 Å². The number of Topliss-reactive ketones (excluding diaryl/α,β-unsaturated/α-hetero) is 1. The van der Waals surface area contributed by atoms with Crippen molar-refractivity contribution in [3.05, 3.63) is 29.8 Å². The number of amides is 1. The van der Waals surface area contributed by atoms with E-state index in [1.165, 1.54) is 0 Å². The Morgan fingerprint density at radius 1 is 1.12 bits per heavy atom. The van der Waals surface area contributed by atoms with Crippen molar-refractivity contribution in [2.75, 3.05) is 5.32 Å². The molecule has 0 aromatic heterocycles. The molecule has 16 heavy (non-hydrogen) atoms. The highest BCUT2D eigenvalue weighted by Gasteiger charge is 2.07. The lowest BCUT2D eigenvalue weighted by molar-refractivity contribution is -0.118. The first-order valence-electron chi connectivity index (χ1n) is 5.56. The first-order chi connectivity index (χ1) is 7.67. The number of hydrogen-bond donors (Lipinski definition) is 1.